The largest absolute Gasteiger partial charge is 0.358 e. The topological polar surface area (TPSA) is 99.1 Å². The van der Waals surface area contributed by atoms with Gasteiger partial charge in [0.2, 0.25) is 11.8 Å². The number of nitriles is 1. The molecule has 2 rings (SSSR count). The molecule has 0 bridgehead atoms. The summed E-state index contributed by atoms with van der Waals surface area (Å²) in [6.45, 7) is 0.404. The molecule has 1 aliphatic carbocycles. The average Bonchev–Trinajstić information content (AvgIpc) is 3.15. The Bertz CT molecular complexity index is 655. The van der Waals surface area contributed by atoms with Crippen LogP contribution < -0.4 is 10.6 Å². The van der Waals surface area contributed by atoms with E-state index in [2.05, 4.69) is 10.6 Å². The van der Waals surface area contributed by atoms with Crippen molar-refractivity contribution in [2.24, 2.45) is 11.8 Å². The van der Waals surface area contributed by atoms with Crippen molar-refractivity contribution in [2.45, 2.75) is 32.2 Å². The minimum atomic E-state index is -1.34. The van der Waals surface area contributed by atoms with Crippen molar-refractivity contribution in [3.8, 4) is 6.07 Å². The Kier molecular flexibility index (Phi) is 6.07. The molecule has 1 atom stereocenters. The summed E-state index contributed by atoms with van der Waals surface area (Å²) in [5.74, 6) is -2.29. The molecule has 1 fully saturated rings. The first-order chi connectivity index (χ1) is 11.6. The molecule has 1 aromatic rings. The predicted octanol–water partition coefficient (Wildman–Crippen LogP) is 1.56. The van der Waals surface area contributed by atoms with Crippen molar-refractivity contribution in [2.75, 3.05) is 7.05 Å². The van der Waals surface area contributed by atoms with Gasteiger partial charge in [-0.1, -0.05) is 37.1 Å². The highest BCUT2D eigenvalue weighted by molar-refractivity contribution is 6.12. The lowest BCUT2D eigenvalue weighted by atomic mass is 9.97. The summed E-state index contributed by atoms with van der Waals surface area (Å²) in [5, 5.41) is 14.2. The zero-order valence-electron chi connectivity index (χ0n) is 13.7. The quantitative estimate of drug-likeness (QED) is 0.612. The third-order valence-corrected chi connectivity index (χ3v) is 4.33. The van der Waals surface area contributed by atoms with Gasteiger partial charge in [-0.25, -0.2) is 0 Å². The van der Waals surface area contributed by atoms with Crippen molar-refractivity contribution in [1.82, 2.24) is 10.6 Å². The summed E-state index contributed by atoms with van der Waals surface area (Å²) in [7, 11) is 1.38. The van der Waals surface area contributed by atoms with Crippen LogP contribution in [0.25, 0.3) is 0 Å². The fraction of sp³-hybridized carbons (Fsp3) is 0.444. The normalized spacial score (nSPS) is 15.3. The third kappa shape index (κ3) is 4.19. The fourth-order valence-corrected chi connectivity index (χ4v) is 2.86. The Hall–Kier alpha value is -2.68. The van der Waals surface area contributed by atoms with Crippen LogP contribution in [0, 0.1) is 23.2 Å². The Balaban J connectivity index is 1.95. The second-order valence-electron chi connectivity index (χ2n) is 5.94. The number of Topliss-reactive ketones (excluding diaryl/α,β-unsaturated/α-hetero) is 1. The maximum atomic E-state index is 12.2. The molecular weight excluding hydrogens is 306 g/mol. The molecule has 24 heavy (non-hydrogen) atoms. The van der Waals surface area contributed by atoms with Gasteiger partial charge in [0.25, 0.3) is 0 Å². The lowest BCUT2D eigenvalue weighted by molar-refractivity contribution is -0.125. The van der Waals surface area contributed by atoms with Gasteiger partial charge in [-0.3, -0.25) is 14.4 Å². The van der Waals surface area contributed by atoms with Crippen LogP contribution in [0.2, 0.25) is 0 Å². The standard InChI is InChI=1S/C18H21N3O3/c1-20-18(24)15(10-19)16(22)13-8-6-12(7-9-13)11-21-17(23)14-4-2-3-5-14/h6-9,14-15H,2-5,11H2,1H3,(H,20,24)(H,21,23)/t15-/m0/s1. The number of ketones is 1. The van der Waals surface area contributed by atoms with Crippen molar-refractivity contribution >= 4 is 17.6 Å². The van der Waals surface area contributed by atoms with Crippen LogP contribution in [0.4, 0.5) is 0 Å². The Morgan fingerprint density at radius 3 is 2.38 bits per heavy atom. The fourth-order valence-electron chi connectivity index (χ4n) is 2.86. The minimum absolute atomic E-state index is 0.0804. The first-order valence-corrected chi connectivity index (χ1v) is 8.09. The number of hydrogen-bond acceptors (Lipinski definition) is 4. The maximum absolute atomic E-state index is 12.2. The lowest BCUT2D eigenvalue weighted by Crippen LogP contribution is -2.32. The van der Waals surface area contributed by atoms with E-state index in [1.54, 1.807) is 30.3 Å². The van der Waals surface area contributed by atoms with Gasteiger partial charge in [0.1, 0.15) is 0 Å². The molecular formula is C18H21N3O3. The molecule has 2 N–H and O–H groups in total. The predicted molar refractivity (Wildman–Crippen MR) is 87.7 cm³/mol. The monoisotopic (exact) mass is 327 g/mol. The molecule has 1 aliphatic rings. The molecule has 0 radical (unpaired) electrons. The Labute approximate surface area is 141 Å². The molecule has 2 amide bonds. The van der Waals surface area contributed by atoms with E-state index in [-0.39, 0.29) is 11.8 Å². The zero-order valence-corrected chi connectivity index (χ0v) is 13.7. The Morgan fingerprint density at radius 2 is 1.83 bits per heavy atom. The van der Waals surface area contributed by atoms with E-state index in [1.165, 1.54) is 7.05 Å². The van der Waals surface area contributed by atoms with Crippen LogP contribution in [0.1, 0.15) is 41.6 Å². The van der Waals surface area contributed by atoms with Crippen molar-refractivity contribution < 1.29 is 14.4 Å². The van der Waals surface area contributed by atoms with Crippen LogP contribution in [-0.2, 0) is 16.1 Å². The highest BCUT2D eigenvalue weighted by Crippen LogP contribution is 2.24. The molecule has 0 saturated heterocycles. The summed E-state index contributed by atoms with van der Waals surface area (Å²) in [6, 6.07) is 8.32. The molecule has 6 heteroatoms. The van der Waals surface area contributed by atoms with Crippen LogP contribution in [-0.4, -0.2) is 24.6 Å². The molecule has 1 aromatic carbocycles. The van der Waals surface area contributed by atoms with Crippen molar-refractivity contribution in [1.29, 1.82) is 5.26 Å². The first kappa shape index (κ1) is 17.7. The molecule has 0 aliphatic heterocycles. The second kappa shape index (κ2) is 8.25. The highest BCUT2D eigenvalue weighted by atomic mass is 16.2. The molecule has 0 spiro atoms. The molecule has 0 heterocycles. The van der Waals surface area contributed by atoms with E-state index < -0.39 is 17.6 Å². The number of nitrogens with one attached hydrogen (secondary N) is 2. The molecule has 1 saturated carbocycles. The average molecular weight is 327 g/mol. The third-order valence-electron chi connectivity index (χ3n) is 4.33. The van der Waals surface area contributed by atoms with E-state index in [0.29, 0.717) is 12.1 Å². The summed E-state index contributed by atoms with van der Waals surface area (Å²) in [4.78, 5) is 35.7. The smallest absolute Gasteiger partial charge is 0.245 e. The number of rotatable bonds is 6. The number of benzene rings is 1. The van der Waals surface area contributed by atoms with E-state index in [4.69, 9.17) is 5.26 Å². The van der Waals surface area contributed by atoms with Gasteiger partial charge in [-0.2, -0.15) is 5.26 Å². The number of hydrogen-bond donors (Lipinski definition) is 2. The number of nitrogens with zero attached hydrogens (tertiary/aromatic N) is 1. The van der Waals surface area contributed by atoms with Gasteiger partial charge in [0.15, 0.2) is 11.7 Å². The minimum Gasteiger partial charge on any atom is -0.358 e. The van der Waals surface area contributed by atoms with E-state index in [9.17, 15) is 14.4 Å². The van der Waals surface area contributed by atoms with Crippen LogP contribution in [0.15, 0.2) is 24.3 Å². The summed E-state index contributed by atoms with van der Waals surface area (Å²) < 4.78 is 0. The van der Waals surface area contributed by atoms with Crippen LogP contribution in [0.5, 0.6) is 0 Å². The molecule has 0 aromatic heterocycles. The lowest BCUT2D eigenvalue weighted by Gasteiger charge is -2.11. The molecule has 126 valence electrons. The first-order valence-electron chi connectivity index (χ1n) is 8.09. The molecule has 6 nitrogen and oxygen atoms in total. The van der Waals surface area contributed by atoms with Crippen LogP contribution >= 0.6 is 0 Å². The van der Waals surface area contributed by atoms with E-state index in [0.717, 1.165) is 31.2 Å². The Morgan fingerprint density at radius 1 is 1.21 bits per heavy atom. The number of carbonyl (C=O) groups excluding carboxylic acids is 3. The zero-order chi connectivity index (χ0) is 17.5. The maximum Gasteiger partial charge on any atom is 0.245 e. The van der Waals surface area contributed by atoms with Crippen molar-refractivity contribution in [3.05, 3.63) is 35.4 Å². The van der Waals surface area contributed by atoms with Gasteiger partial charge in [-0.05, 0) is 18.4 Å². The number of carbonyl (C=O) groups is 3. The summed E-state index contributed by atoms with van der Waals surface area (Å²) in [5.41, 5.74) is 1.17. The van der Waals surface area contributed by atoms with Gasteiger partial charge in [0.05, 0.1) is 6.07 Å². The van der Waals surface area contributed by atoms with Gasteiger partial charge in [-0.15, -0.1) is 0 Å². The van der Waals surface area contributed by atoms with Crippen LogP contribution in [0.3, 0.4) is 0 Å². The van der Waals surface area contributed by atoms with Gasteiger partial charge in [0, 0.05) is 25.1 Å². The van der Waals surface area contributed by atoms with E-state index >= 15 is 0 Å². The molecule has 0 unspecified atom stereocenters. The van der Waals surface area contributed by atoms with Gasteiger partial charge >= 0.3 is 0 Å². The number of amides is 2. The van der Waals surface area contributed by atoms with Crippen molar-refractivity contribution in [3.63, 3.8) is 0 Å². The van der Waals surface area contributed by atoms with E-state index in [1.807, 2.05) is 0 Å². The summed E-state index contributed by atoms with van der Waals surface area (Å²) >= 11 is 0. The highest BCUT2D eigenvalue weighted by Gasteiger charge is 2.26. The SMILES string of the molecule is CNC(=O)[C@@H](C#N)C(=O)c1ccc(CNC(=O)C2CCCC2)cc1. The second-order valence-corrected chi connectivity index (χ2v) is 5.94. The summed E-state index contributed by atoms with van der Waals surface area (Å²) in [6.07, 6.45) is 4.13. The van der Waals surface area contributed by atoms with Gasteiger partial charge < -0.3 is 10.6 Å².